The number of aliphatic hydroxyl groups is 1. The maximum atomic E-state index is 12.6. The van der Waals surface area contributed by atoms with E-state index in [1.807, 2.05) is 0 Å². The second-order valence-electron chi connectivity index (χ2n) is 8.02. The molecule has 1 saturated carbocycles. The van der Waals surface area contributed by atoms with Gasteiger partial charge in [0.2, 0.25) is 5.95 Å². The lowest BCUT2D eigenvalue weighted by Gasteiger charge is -2.42. The smallest absolute Gasteiger partial charge is 0.227 e. The number of nitrogens with zero attached hydrogens (tertiary/aromatic N) is 5. The van der Waals surface area contributed by atoms with Gasteiger partial charge in [-0.05, 0) is 48.0 Å². The predicted molar refractivity (Wildman–Crippen MR) is 116 cm³/mol. The molecule has 0 unspecified atom stereocenters. The van der Waals surface area contributed by atoms with Crippen LogP contribution in [-0.2, 0) is 17.2 Å². The van der Waals surface area contributed by atoms with E-state index in [0.717, 1.165) is 64.7 Å². The molecular weight excluding hydrogens is 476 g/mol. The normalized spacial score (nSPS) is 23.7. The molecule has 1 atom stereocenters. The van der Waals surface area contributed by atoms with Gasteiger partial charge in [-0.15, -0.1) is 10.2 Å². The number of aromatic nitrogens is 4. The van der Waals surface area contributed by atoms with Gasteiger partial charge in [0.1, 0.15) is 15.7 Å². The Bertz CT molecular complexity index is 937. The fourth-order valence-corrected chi connectivity index (χ4v) is 6.92. The molecule has 1 aliphatic carbocycles. The zero-order chi connectivity index (χ0) is 20.0. The van der Waals surface area contributed by atoms with Crippen LogP contribution in [0.5, 0.6) is 0 Å². The van der Waals surface area contributed by atoms with Crippen LogP contribution >= 0.6 is 27.3 Å². The molecule has 5 rings (SSSR count). The summed E-state index contributed by atoms with van der Waals surface area (Å²) in [6.45, 7) is 1.78. The topological polar surface area (TPSA) is 104 Å². The summed E-state index contributed by atoms with van der Waals surface area (Å²) < 4.78 is 13.4. The highest BCUT2D eigenvalue weighted by Crippen LogP contribution is 2.39. The van der Waals surface area contributed by atoms with Crippen molar-refractivity contribution in [3.05, 3.63) is 14.6 Å². The van der Waals surface area contributed by atoms with Gasteiger partial charge in [-0.3, -0.25) is 4.21 Å². The lowest BCUT2D eigenvalue weighted by atomic mass is 9.77. The highest BCUT2D eigenvalue weighted by atomic mass is 79.9. The molecule has 0 aromatic carbocycles. The van der Waals surface area contributed by atoms with Crippen LogP contribution in [0.25, 0.3) is 0 Å². The molecule has 2 fully saturated rings. The van der Waals surface area contributed by atoms with Crippen LogP contribution in [0.4, 0.5) is 11.8 Å². The van der Waals surface area contributed by atoms with E-state index in [1.54, 1.807) is 11.3 Å². The Balaban J connectivity index is 1.38. The molecule has 2 aromatic heterocycles. The van der Waals surface area contributed by atoms with Gasteiger partial charge in [-0.25, -0.2) is 4.98 Å². The molecule has 2 aliphatic heterocycles. The molecule has 1 saturated heterocycles. The molecule has 4 heterocycles. The Kier molecular flexibility index (Phi) is 5.34. The number of fused-ring (bicyclic) bond motifs is 1. The summed E-state index contributed by atoms with van der Waals surface area (Å²) in [4.78, 5) is 12.5. The van der Waals surface area contributed by atoms with Crippen molar-refractivity contribution in [3.8, 4) is 0 Å². The van der Waals surface area contributed by atoms with Gasteiger partial charge >= 0.3 is 0 Å². The minimum Gasteiger partial charge on any atom is -0.394 e. The van der Waals surface area contributed by atoms with Crippen molar-refractivity contribution in [2.75, 3.05) is 35.7 Å². The number of rotatable bonds is 5. The van der Waals surface area contributed by atoms with E-state index in [0.29, 0.717) is 29.9 Å². The van der Waals surface area contributed by atoms with E-state index < -0.39 is 10.8 Å². The van der Waals surface area contributed by atoms with Gasteiger partial charge < -0.3 is 15.3 Å². The first kappa shape index (κ1) is 19.8. The average molecular weight is 499 g/mol. The van der Waals surface area contributed by atoms with Gasteiger partial charge in [0.05, 0.1) is 28.6 Å². The highest BCUT2D eigenvalue weighted by molar-refractivity contribution is 9.11. The second kappa shape index (κ2) is 7.82. The minimum atomic E-state index is -1.07. The minimum absolute atomic E-state index is 0.0660. The fourth-order valence-electron chi connectivity index (χ4n) is 4.29. The van der Waals surface area contributed by atoms with E-state index in [2.05, 4.69) is 36.3 Å². The van der Waals surface area contributed by atoms with Crippen LogP contribution < -0.4 is 10.2 Å². The molecule has 0 spiro atoms. The summed E-state index contributed by atoms with van der Waals surface area (Å²) in [5.41, 5.74) is 0.558. The van der Waals surface area contributed by atoms with Crippen LogP contribution in [0.2, 0.25) is 0 Å². The average Bonchev–Trinajstić information content (AvgIpc) is 3.31. The van der Waals surface area contributed by atoms with Crippen LogP contribution in [0.1, 0.15) is 48.7 Å². The van der Waals surface area contributed by atoms with E-state index in [9.17, 15) is 9.32 Å². The van der Waals surface area contributed by atoms with E-state index in [1.165, 1.54) is 0 Å². The summed E-state index contributed by atoms with van der Waals surface area (Å²) in [6.07, 6.45) is 5.59. The zero-order valence-electron chi connectivity index (χ0n) is 15.9. The summed E-state index contributed by atoms with van der Waals surface area (Å²) in [7, 11) is -1.07. The standard InChI is InChI=1S/C18H23BrN6O2S2/c19-16-24-23-15(28-16)11-2-7-25(8-3-11)17-20-12-4-9-29(27)13(12)14(21-17)22-18(10-26)5-1-6-18/h11,26H,1-10H2,(H,20,21,22)/t29-/m0/s1. The SMILES string of the molecule is O=[S@]1CCc2nc(N3CCC(c4nnc(Br)s4)CC3)nc(NC3(CO)CCC3)c21. The Morgan fingerprint density at radius 2 is 2.07 bits per heavy atom. The molecule has 11 heteroatoms. The number of aliphatic hydroxyl groups excluding tert-OH is 1. The van der Waals surface area contributed by atoms with Crippen molar-refractivity contribution < 1.29 is 9.32 Å². The summed E-state index contributed by atoms with van der Waals surface area (Å²) >= 11 is 5.00. The zero-order valence-corrected chi connectivity index (χ0v) is 19.2. The number of hydrogen-bond donors (Lipinski definition) is 2. The van der Waals surface area contributed by atoms with Crippen molar-refractivity contribution in [2.24, 2.45) is 0 Å². The van der Waals surface area contributed by atoms with Crippen LogP contribution in [0.3, 0.4) is 0 Å². The van der Waals surface area contributed by atoms with Crippen LogP contribution in [-0.4, -0.2) is 60.5 Å². The molecule has 8 nitrogen and oxygen atoms in total. The lowest BCUT2D eigenvalue weighted by Crippen LogP contribution is -2.48. The summed E-state index contributed by atoms with van der Waals surface area (Å²) in [5.74, 6) is 2.38. The molecular formula is C18H23BrN6O2S2. The molecule has 2 aromatic rings. The Morgan fingerprint density at radius 1 is 1.28 bits per heavy atom. The van der Waals surface area contributed by atoms with E-state index in [-0.39, 0.29) is 12.1 Å². The summed E-state index contributed by atoms with van der Waals surface area (Å²) in [5, 5.41) is 22.7. The van der Waals surface area contributed by atoms with E-state index in [4.69, 9.17) is 9.97 Å². The third-order valence-electron chi connectivity index (χ3n) is 6.22. The van der Waals surface area contributed by atoms with Crippen LogP contribution in [0.15, 0.2) is 8.81 Å². The number of hydrogen-bond acceptors (Lipinski definition) is 9. The molecule has 3 aliphatic rings. The van der Waals surface area contributed by atoms with Gasteiger partial charge in [0.25, 0.3) is 0 Å². The first-order valence-corrected chi connectivity index (χ1v) is 12.9. The predicted octanol–water partition coefficient (Wildman–Crippen LogP) is 2.47. The largest absolute Gasteiger partial charge is 0.394 e. The quantitative estimate of drug-likeness (QED) is 0.647. The first-order valence-electron chi connectivity index (χ1n) is 9.99. The number of anilines is 2. The Hall–Kier alpha value is -1.17. The Morgan fingerprint density at radius 3 is 2.69 bits per heavy atom. The van der Waals surface area contributed by atoms with Crippen molar-refractivity contribution in [3.63, 3.8) is 0 Å². The third kappa shape index (κ3) is 3.70. The molecule has 0 radical (unpaired) electrons. The number of halogens is 1. The summed E-state index contributed by atoms with van der Waals surface area (Å²) in [6, 6.07) is 0. The molecule has 0 bridgehead atoms. The molecule has 156 valence electrons. The molecule has 0 amide bonds. The van der Waals surface area contributed by atoms with Crippen molar-refractivity contribution in [1.29, 1.82) is 0 Å². The second-order valence-corrected chi connectivity index (χ2v) is 11.8. The Labute approximate surface area is 184 Å². The van der Waals surface area contributed by atoms with Gasteiger partial charge in [-0.2, -0.15) is 4.98 Å². The number of nitrogens with one attached hydrogen (secondary N) is 1. The number of piperidine rings is 1. The third-order valence-corrected chi connectivity index (χ3v) is 9.19. The monoisotopic (exact) mass is 498 g/mol. The fraction of sp³-hybridized carbons (Fsp3) is 0.667. The maximum Gasteiger partial charge on any atom is 0.227 e. The van der Waals surface area contributed by atoms with Gasteiger partial charge in [-0.1, -0.05) is 11.3 Å². The highest BCUT2D eigenvalue weighted by Gasteiger charge is 2.39. The molecule has 2 N–H and O–H groups in total. The van der Waals surface area contributed by atoms with Crippen molar-refractivity contribution >= 4 is 49.8 Å². The lowest BCUT2D eigenvalue weighted by molar-refractivity contribution is 0.143. The molecule has 29 heavy (non-hydrogen) atoms. The van der Waals surface area contributed by atoms with Crippen molar-refractivity contribution in [2.45, 2.75) is 54.9 Å². The number of aryl methyl sites for hydroxylation is 1. The van der Waals surface area contributed by atoms with Crippen molar-refractivity contribution in [1.82, 2.24) is 20.2 Å². The van der Waals surface area contributed by atoms with Gasteiger partial charge in [0, 0.05) is 31.2 Å². The van der Waals surface area contributed by atoms with E-state index >= 15 is 0 Å². The van der Waals surface area contributed by atoms with Crippen LogP contribution in [0, 0.1) is 0 Å². The first-order chi connectivity index (χ1) is 14.1. The van der Waals surface area contributed by atoms with Gasteiger partial charge in [0.15, 0.2) is 3.92 Å². The maximum absolute atomic E-state index is 12.6.